The van der Waals surface area contributed by atoms with Gasteiger partial charge >= 0.3 is 0 Å². The van der Waals surface area contributed by atoms with Crippen molar-refractivity contribution in [2.24, 2.45) is 7.05 Å². The van der Waals surface area contributed by atoms with Crippen LogP contribution in [-0.4, -0.2) is 0 Å². The van der Waals surface area contributed by atoms with Crippen molar-refractivity contribution in [3.63, 3.8) is 0 Å². The molecule has 0 atom stereocenters. The van der Waals surface area contributed by atoms with Gasteiger partial charge in [-0.15, -0.1) is 11.3 Å². The highest BCUT2D eigenvalue weighted by atomic mass is 32.1. The highest BCUT2D eigenvalue weighted by Gasteiger charge is 2.02. The van der Waals surface area contributed by atoms with Gasteiger partial charge in [-0.25, -0.2) is 4.57 Å². The Kier molecular flexibility index (Phi) is 2.95. The molecule has 0 N–H and O–H groups in total. The predicted octanol–water partition coefficient (Wildman–Crippen LogP) is 3.90. The summed E-state index contributed by atoms with van der Waals surface area (Å²) in [5.41, 5.74) is 2.49. The van der Waals surface area contributed by atoms with E-state index in [9.17, 15) is 0 Å². The molecule has 0 spiro atoms. The third-order valence-corrected chi connectivity index (χ3v) is 4.02. The minimum absolute atomic E-state index is 1.20. The van der Waals surface area contributed by atoms with Gasteiger partial charge in [-0.2, -0.15) is 0 Å². The van der Waals surface area contributed by atoms with E-state index in [1.54, 1.807) is 11.3 Å². The molecule has 2 aromatic heterocycles. The second-order valence-electron chi connectivity index (χ2n) is 4.26. The molecule has 88 valence electrons. The van der Waals surface area contributed by atoms with E-state index in [1.807, 2.05) is 6.07 Å². The Morgan fingerprint density at radius 1 is 1.00 bits per heavy atom. The fourth-order valence-electron chi connectivity index (χ4n) is 2.01. The lowest BCUT2D eigenvalue weighted by molar-refractivity contribution is -0.673. The number of fused-ring (bicyclic) bond motifs is 1. The molecule has 0 unspecified atom stereocenters. The van der Waals surface area contributed by atoms with Crippen LogP contribution in [0, 0.1) is 0 Å². The molecule has 0 aliphatic rings. The van der Waals surface area contributed by atoms with Crippen LogP contribution in [0.25, 0.3) is 22.2 Å². The molecule has 1 nitrogen and oxygen atoms in total. The number of hydrogen-bond donors (Lipinski definition) is 0. The Morgan fingerprint density at radius 3 is 2.72 bits per heavy atom. The molecule has 2 heterocycles. The molecule has 0 fully saturated rings. The summed E-state index contributed by atoms with van der Waals surface area (Å²) in [6.45, 7) is 0. The number of nitrogens with zero attached hydrogens (tertiary/aromatic N) is 1. The molecule has 0 amide bonds. The van der Waals surface area contributed by atoms with Crippen molar-refractivity contribution in [3.05, 3.63) is 65.3 Å². The van der Waals surface area contributed by atoms with E-state index in [-0.39, 0.29) is 0 Å². The standard InChI is InChI=1S/C16H14NS/c1-17-11-5-4-6-14(17)10-9-13-12-18-16-8-3-2-7-15(13)16/h2-12H,1H3/q+1/b10-9+. The van der Waals surface area contributed by atoms with E-state index in [2.05, 4.69) is 71.7 Å². The zero-order valence-electron chi connectivity index (χ0n) is 10.2. The summed E-state index contributed by atoms with van der Waals surface area (Å²) in [6.07, 6.45) is 6.41. The van der Waals surface area contributed by atoms with Gasteiger partial charge in [-0.05, 0) is 34.5 Å². The number of aryl methyl sites for hydroxylation is 1. The van der Waals surface area contributed by atoms with Gasteiger partial charge in [0.05, 0.1) is 0 Å². The van der Waals surface area contributed by atoms with Crippen LogP contribution in [0.2, 0.25) is 0 Å². The Balaban J connectivity index is 2.00. The third kappa shape index (κ3) is 2.07. The molecular weight excluding hydrogens is 238 g/mol. The van der Waals surface area contributed by atoms with Crippen molar-refractivity contribution in [1.82, 2.24) is 0 Å². The van der Waals surface area contributed by atoms with Gasteiger partial charge in [0.25, 0.3) is 0 Å². The van der Waals surface area contributed by atoms with Crippen LogP contribution in [0.3, 0.4) is 0 Å². The maximum absolute atomic E-state index is 2.21. The predicted molar refractivity (Wildman–Crippen MR) is 78.4 cm³/mol. The van der Waals surface area contributed by atoms with E-state index >= 15 is 0 Å². The van der Waals surface area contributed by atoms with E-state index in [0.29, 0.717) is 0 Å². The summed E-state index contributed by atoms with van der Waals surface area (Å²) in [5, 5.41) is 3.54. The van der Waals surface area contributed by atoms with Crippen molar-refractivity contribution >= 4 is 33.6 Å². The zero-order chi connectivity index (χ0) is 12.4. The Morgan fingerprint density at radius 2 is 1.83 bits per heavy atom. The first-order valence-corrected chi connectivity index (χ1v) is 6.81. The minimum Gasteiger partial charge on any atom is -0.202 e. The summed E-state index contributed by atoms with van der Waals surface area (Å²) in [6, 6.07) is 14.7. The molecule has 3 rings (SSSR count). The molecule has 0 radical (unpaired) electrons. The van der Waals surface area contributed by atoms with Crippen LogP contribution in [0.5, 0.6) is 0 Å². The fourth-order valence-corrected chi connectivity index (χ4v) is 2.94. The maximum atomic E-state index is 2.21. The minimum atomic E-state index is 1.20. The Bertz CT molecular complexity index is 710. The van der Waals surface area contributed by atoms with Gasteiger partial charge in [0.2, 0.25) is 5.69 Å². The highest BCUT2D eigenvalue weighted by molar-refractivity contribution is 7.17. The number of aromatic nitrogens is 1. The number of benzene rings is 1. The summed E-state index contributed by atoms with van der Waals surface area (Å²) < 4.78 is 3.46. The van der Waals surface area contributed by atoms with Gasteiger partial charge in [-0.3, -0.25) is 0 Å². The maximum Gasteiger partial charge on any atom is 0.204 e. The van der Waals surface area contributed by atoms with Gasteiger partial charge in [0, 0.05) is 22.9 Å². The van der Waals surface area contributed by atoms with Crippen molar-refractivity contribution < 1.29 is 4.57 Å². The van der Waals surface area contributed by atoms with Crippen molar-refractivity contribution in [2.75, 3.05) is 0 Å². The van der Waals surface area contributed by atoms with Crippen LogP contribution in [0.1, 0.15) is 11.3 Å². The molecule has 0 bridgehead atoms. The molecule has 1 aromatic carbocycles. The normalized spacial score (nSPS) is 11.4. The fraction of sp³-hybridized carbons (Fsp3) is 0.0625. The van der Waals surface area contributed by atoms with Gasteiger partial charge in [0.15, 0.2) is 6.20 Å². The molecule has 0 saturated heterocycles. The van der Waals surface area contributed by atoms with E-state index < -0.39 is 0 Å². The Labute approximate surface area is 111 Å². The van der Waals surface area contributed by atoms with Gasteiger partial charge in [-0.1, -0.05) is 18.2 Å². The lowest BCUT2D eigenvalue weighted by Gasteiger charge is -1.93. The van der Waals surface area contributed by atoms with Crippen LogP contribution in [0.4, 0.5) is 0 Å². The first-order chi connectivity index (χ1) is 8.84. The quantitative estimate of drug-likeness (QED) is 0.609. The van der Waals surface area contributed by atoms with Crippen LogP contribution < -0.4 is 4.57 Å². The molecule has 18 heavy (non-hydrogen) atoms. The summed E-state index contributed by atoms with van der Waals surface area (Å²) in [5.74, 6) is 0. The molecular formula is C16H14NS+. The first-order valence-electron chi connectivity index (χ1n) is 5.93. The van der Waals surface area contributed by atoms with E-state index in [1.165, 1.54) is 21.3 Å². The lowest BCUT2D eigenvalue weighted by Crippen LogP contribution is -2.30. The second-order valence-corrected chi connectivity index (χ2v) is 5.17. The summed E-state index contributed by atoms with van der Waals surface area (Å²) >= 11 is 1.80. The number of thiophene rings is 1. The SMILES string of the molecule is C[n+]1ccccc1/C=C/c1csc2ccccc12. The number of rotatable bonds is 2. The molecule has 2 heteroatoms. The molecule has 3 aromatic rings. The third-order valence-electron chi connectivity index (χ3n) is 3.04. The summed E-state index contributed by atoms with van der Waals surface area (Å²) in [7, 11) is 2.06. The average molecular weight is 252 g/mol. The zero-order valence-corrected chi connectivity index (χ0v) is 11.0. The first kappa shape index (κ1) is 11.2. The second kappa shape index (κ2) is 4.75. The largest absolute Gasteiger partial charge is 0.204 e. The number of hydrogen-bond acceptors (Lipinski definition) is 1. The van der Waals surface area contributed by atoms with Crippen molar-refractivity contribution in [1.29, 1.82) is 0 Å². The molecule has 0 aliphatic heterocycles. The summed E-state index contributed by atoms with van der Waals surface area (Å²) in [4.78, 5) is 0. The van der Waals surface area contributed by atoms with Crippen LogP contribution >= 0.6 is 11.3 Å². The average Bonchev–Trinajstić information content (AvgIpc) is 2.81. The van der Waals surface area contributed by atoms with Crippen LogP contribution in [0.15, 0.2) is 54.0 Å². The molecule has 0 saturated carbocycles. The van der Waals surface area contributed by atoms with Crippen molar-refractivity contribution in [2.45, 2.75) is 0 Å². The smallest absolute Gasteiger partial charge is 0.202 e. The van der Waals surface area contributed by atoms with Crippen molar-refractivity contribution in [3.8, 4) is 0 Å². The van der Waals surface area contributed by atoms with E-state index in [0.717, 1.165) is 0 Å². The van der Waals surface area contributed by atoms with Gasteiger partial charge in [0.1, 0.15) is 7.05 Å². The lowest BCUT2D eigenvalue weighted by atomic mass is 10.1. The monoisotopic (exact) mass is 252 g/mol. The van der Waals surface area contributed by atoms with Gasteiger partial charge < -0.3 is 0 Å². The highest BCUT2D eigenvalue weighted by Crippen LogP contribution is 2.26. The number of pyridine rings is 1. The van der Waals surface area contributed by atoms with Crippen LogP contribution in [-0.2, 0) is 7.05 Å². The Hall–Kier alpha value is -1.93. The van der Waals surface area contributed by atoms with E-state index in [4.69, 9.17) is 0 Å². The topological polar surface area (TPSA) is 3.88 Å². The molecule has 0 aliphatic carbocycles.